The van der Waals surface area contributed by atoms with Gasteiger partial charge in [0.05, 0.1) is 11.0 Å². The number of likely N-dealkylation sites (N-methyl/N-ethyl adjacent to an activating group) is 1. The number of benzene rings is 2. The van der Waals surface area contributed by atoms with Crippen LogP contribution in [0.5, 0.6) is 0 Å². The number of halogens is 1. The van der Waals surface area contributed by atoms with Crippen LogP contribution in [0.2, 0.25) is 0 Å². The molecule has 3 aliphatic rings. The smallest absolute Gasteiger partial charge is 0.318 e. The zero-order chi connectivity index (χ0) is 22.5. The fraction of sp³-hybridized carbons (Fsp3) is 0.519. The fourth-order valence-electron chi connectivity index (χ4n) is 6.81. The Morgan fingerprint density at radius 2 is 1.85 bits per heavy atom. The van der Waals surface area contributed by atoms with Gasteiger partial charge in [-0.05, 0) is 86.4 Å². The topological polar surface area (TPSA) is 42.2 Å². The highest BCUT2D eigenvalue weighted by atomic mass is 19.1. The second-order valence-corrected chi connectivity index (χ2v) is 10.0. The van der Waals surface area contributed by atoms with Gasteiger partial charge in [0.2, 0.25) is 0 Å². The highest BCUT2D eigenvalue weighted by Gasteiger charge is 2.39. The Kier molecular flexibility index (Phi) is 5.38. The molecular weight excluding hydrogens is 415 g/mol. The predicted molar refractivity (Wildman–Crippen MR) is 129 cm³/mol. The largest absolute Gasteiger partial charge is 0.329 e. The van der Waals surface area contributed by atoms with E-state index in [-0.39, 0.29) is 17.5 Å². The number of nitrogens with one attached hydrogen (secondary N) is 1. The first-order valence-electron chi connectivity index (χ1n) is 12.6. The summed E-state index contributed by atoms with van der Waals surface area (Å²) in [5, 5.41) is 3.16. The van der Waals surface area contributed by atoms with E-state index in [0.29, 0.717) is 18.5 Å². The molecule has 2 unspecified atom stereocenters. The molecule has 1 N–H and O–H groups in total. The number of imidazole rings is 1. The lowest BCUT2D eigenvalue weighted by molar-refractivity contribution is 0.130. The number of rotatable bonds is 5. The minimum absolute atomic E-state index is 0.00755. The van der Waals surface area contributed by atoms with Gasteiger partial charge in [-0.25, -0.2) is 9.18 Å². The molecule has 3 aromatic rings. The number of fused-ring (bicyclic) bond motifs is 1. The van der Waals surface area contributed by atoms with Crippen molar-refractivity contribution in [3.63, 3.8) is 0 Å². The second-order valence-electron chi connectivity index (χ2n) is 10.0. The summed E-state index contributed by atoms with van der Waals surface area (Å²) in [6.07, 6.45) is 6.26. The maximum absolute atomic E-state index is 14.5. The SMILES string of the molecule is CNCCn1c(=O)n(C2CCN(C3CC4CCCc5c(F)ccc3c54)CC2)c2ccccc21. The van der Waals surface area contributed by atoms with Crippen LogP contribution in [0, 0.1) is 5.82 Å². The number of hydrogen-bond acceptors (Lipinski definition) is 3. The Balaban J connectivity index is 1.25. The highest BCUT2D eigenvalue weighted by molar-refractivity contribution is 5.76. The molecule has 0 amide bonds. The van der Waals surface area contributed by atoms with Gasteiger partial charge >= 0.3 is 5.69 Å². The van der Waals surface area contributed by atoms with Crippen LogP contribution in [0.4, 0.5) is 4.39 Å². The summed E-state index contributed by atoms with van der Waals surface area (Å²) in [6, 6.07) is 12.6. The number of likely N-dealkylation sites (tertiary alicyclic amines) is 1. The van der Waals surface area contributed by atoms with Crippen molar-refractivity contribution in [1.29, 1.82) is 0 Å². The lowest BCUT2D eigenvalue weighted by atomic mass is 9.84. The molecular formula is C27H33FN4O. The van der Waals surface area contributed by atoms with E-state index in [1.54, 1.807) is 6.07 Å². The van der Waals surface area contributed by atoms with E-state index in [4.69, 9.17) is 0 Å². The van der Waals surface area contributed by atoms with Gasteiger partial charge in [-0.2, -0.15) is 0 Å². The highest BCUT2D eigenvalue weighted by Crippen LogP contribution is 2.50. The molecule has 0 radical (unpaired) electrons. The molecule has 5 nitrogen and oxygen atoms in total. The quantitative estimate of drug-likeness (QED) is 0.631. The lowest BCUT2D eigenvalue weighted by Gasteiger charge is -2.37. The van der Waals surface area contributed by atoms with Crippen LogP contribution in [0.15, 0.2) is 41.2 Å². The minimum Gasteiger partial charge on any atom is -0.318 e. The zero-order valence-corrected chi connectivity index (χ0v) is 19.4. The third-order valence-electron chi connectivity index (χ3n) is 8.35. The summed E-state index contributed by atoms with van der Waals surface area (Å²) in [4.78, 5) is 16.0. The molecule has 1 fully saturated rings. The van der Waals surface area contributed by atoms with Gasteiger partial charge in [-0.1, -0.05) is 18.2 Å². The van der Waals surface area contributed by atoms with E-state index in [1.807, 2.05) is 23.7 Å². The Morgan fingerprint density at radius 1 is 1.06 bits per heavy atom. The van der Waals surface area contributed by atoms with Gasteiger partial charge in [0, 0.05) is 38.3 Å². The van der Waals surface area contributed by atoms with Gasteiger partial charge in [0.15, 0.2) is 0 Å². The van der Waals surface area contributed by atoms with Crippen molar-refractivity contribution in [3.8, 4) is 0 Å². The number of piperidine rings is 1. The summed E-state index contributed by atoms with van der Waals surface area (Å²) in [6.45, 7) is 3.42. The van der Waals surface area contributed by atoms with Crippen LogP contribution < -0.4 is 11.0 Å². The molecule has 1 aromatic heterocycles. The zero-order valence-electron chi connectivity index (χ0n) is 19.4. The molecule has 2 aliphatic carbocycles. The van der Waals surface area contributed by atoms with Gasteiger partial charge in [0.25, 0.3) is 0 Å². The maximum atomic E-state index is 14.5. The van der Waals surface area contributed by atoms with Crippen molar-refractivity contribution < 1.29 is 4.39 Å². The number of aromatic nitrogens is 2. The predicted octanol–water partition coefficient (Wildman–Crippen LogP) is 4.36. The van der Waals surface area contributed by atoms with E-state index in [1.165, 1.54) is 17.5 Å². The molecule has 0 spiro atoms. The summed E-state index contributed by atoms with van der Waals surface area (Å²) < 4.78 is 18.4. The molecule has 174 valence electrons. The van der Waals surface area contributed by atoms with E-state index < -0.39 is 0 Å². The van der Waals surface area contributed by atoms with Gasteiger partial charge in [0.1, 0.15) is 5.82 Å². The molecule has 2 heterocycles. The molecule has 2 aromatic carbocycles. The first-order valence-corrected chi connectivity index (χ1v) is 12.6. The van der Waals surface area contributed by atoms with Gasteiger partial charge < -0.3 is 5.32 Å². The fourth-order valence-corrected chi connectivity index (χ4v) is 6.81. The van der Waals surface area contributed by atoms with Crippen molar-refractivity contribution in [1.82, 2.24) is 19.4 Å². The minimum atomic E-state index is -0.00755. The summed E-state index contributed by atoms with van der Waals surface area (Å²) in [5.74, 6) is 0.516. The Bertz CT molecular complexity index is 1240. The Hall–Kier alpha value is -2.44. The first kappa shape index (κ1) is 21.1. The van der Waals surface area contributed by atoms with Crippen LogP contribution in [0.1, 0.15) is 66.8 Å². The van der Waals surface area contributed by atoms with Crippen LogP contribution in [-0.4, -0.2) is 40.7 Å². The molecule has 6 heteroatoms. The van der Waals surface area contributed by atoms with Crippen molar-refractivity contribution in [3.05, 3.63) is 69.4 Å². The van der Waals surface area contributed by atoms with Crippen LogP contribution in [-0.2, 0) is 13.0 Å². The summed E-state index contributed by atoms with van der Waals surface area (Å²) >= 11 is 0. The number of para-hydroxylation sites is 2. The average Bonchev–Trinajstić information content (AvgIpc) is 3.36. The molecule has 6 rings (SSSR count). The Labute approximate surface area is 194 Å². The van der Waals surface area contributed by atoms with Gasteiger partial charge in [-0.3, -0.25) is 14.0 Å². The van der Waals surface area contributed by atoms with Crippen molar-refractivity contribution in [2.45, 2.75) is 63.1 Å². The normalized spacial score (nSPS) is 23.3. The van der Waals surface area contributed by atoms with Gasteiger partial charge in [-0.15, -0.1) is 0 Å². The molecule has 2 atom stereocenters. The molecule has 0 saturated carbocycles. The monoisotopic (exact) mass is 448 g/mol. The van der Waals surface area contributed by atoms with Crippen molar-refractivity contribution in [2.24, 2.45) is 0 Å². The van der Waals surface area contributed by atoms with Crippen LogP contribution >= 0.6 is 0 Å². The van der Waals surface area contributed by atoms with Crippen LogP contribution in [0.3, 0.4) is 0 Å². The van der Waals surface area contributed by atoms with Crippen molar-refractivity contribution >= 4 is 11.0 Å². The van der Waals surface area contributed by atoms with Crippen molar-refractivity contribution in [2.75, 3.05) is 26.7 Å². The van der Waals surface area contributed by atoms with E-state index in [2.05, 4.69) is 33.0 Å². The molecule has 0 bridgehead atoms. The standard InChI is InChI=1S/C27H33FN4O/c1-29-13-16-31-23-7-2-3-8-24(23)32(27(31)33)19-11-14-30(15-12-19)25-17-18-5-4-6-20-22(28)10-9-21(25)26(18)20/h2-3,7-10,18-19,25,29H,4-6,11-17H2,1H3. The summed E-state index contributed by atoms with van der Waals surface area (Å²) in [5.41, 5.74) is 5.88. The molecule has 1 aliphatic heterocycles. The summed E-state index contributed by atoms with van der Waals surface area (Å²) in [7, 11) is 1.92. The molecule has 1 saturated heterocycles. The van der Waals surface area contributed by atoms with Crippen LogP contribution in [0.25, 0.3) is 11.0 Å². The Morgan fingerprint density at radius 3 is 2.64 bits per heavy atom. The van der Waals surface area contributed by atoms with E-state index in [9.17, 15) is 9.18 Å². The van der Waals surface area contributed by atoms with E-state index >= 15 is 0 Å². The molecule has 33 heavy (non-hydrogen) atoms. The maximum Gasteiger partial charge on any atom is 0.329 e. The third kappa shape index (κ3) is 3.38. The third-order valence-corrected chi connectivity index (χ3v) is 8.35. The second kappa shape index (κ2) is 8.41. The number of nitrogens with zero attached hydrogens (tertiary/aromatic N) is 3. The number of hydrogen-bond donors (Lipinski definition) is 1. The lowest BCUT2D eigenvalue weighted by Crippen LogP contribution is -2.39. The first-order chi connectivity index (χ1) is 16.2. The average molecular weight is 449 g/mol. The van der Waals surface area contributed by atoms with E-state index in [0.717, 1.165) is 68.3 Å².